The van der Waals surface area contributed by atoms with Crippen LogP contribution in [0, 0.1) is 11.7 Å². The summed E-state index contributed by atoms with van der Waals surface area (Å²) in [5.74, 6) is 0.451. The fourth-order valence-corrected chi connectivity index (χ4v) is 4.79. The van der Waals surface area contributed by atoms with Crippen molar-refractivity contribution in [1.29, 1.82) is 0 Å². The summed E-state index contributed by atoms with van der Waals surface area (Å²) in [5, 5.41) is 6.35. The Labute approximate surface area is 189 Å². The summed E-state index contributed by atoms with van der Waals surface area (Å²) in [6.45, 7) is 3.00. The third kappa shape index (κ3) is 6.06. The quantitative estimate of drug-likeness (QED) is 0.724. The van der Waals surface area contributed by atoms with Gasteiger partial charge in [0.2, 0.25) is 11.8 Å². The second kappa shape index (κ2) is 11.3. The Bertz CT molecular complexity index is 699. The van der Waals surface area contributed by atoms with Crippen LogP contribution in [-0.4, -0.2) is 66.4 Å². The van der Waals surface area contributed by atoms with Crippen LogP contribution in [0.2, 0.25) is 0 Å². The second-order valence-electron chi connectivity index (χ2n) is 8.26. The minimum absolute atomic E-state index is 0. The molecule has 0 aromatic heterocycles. The lowest BCUT2D eigenvalue weighted by molar-refractivity contribution is -0.135. The smallest absolute Gasteiger partial charge is 0.239 e. The van der Waals surface area contributed by atoms with Crippen molar-refractivity contribution < 1.29 is 14.0 Å². The average molecular weight is 461 g/mol. The number of piperazine rings is 1. The van der Waals surface area contributed by atoms with Crippen molar-refractivity contribution in [3.05, 3.63) is 30.1 Å². The molecule has 3 unspecified atom stereocenters. The van der Waals surface area contributed by atoms with Gasteiger partial charge in [-0.15, -0.1) is 24.8 Å². The number of rotatable bonds is 4. The zero-order valence-corrected chi connectivity index (χ0v) is 18.7. The molecule has 2 N–H and O–H groups in total. The molecule has 0 spiro atoms. The fraction of sp³-hybridized carbons (Fsp3) is 0.619. The SMILES string of the molecule is Cl.Cl.O=C(CN1CCN(C(=O)C2CC3CCCCC3N2)CC1)Nc1ccc(F)cc1. The number of hydrogen-bond acceptors (Lipinski definition) is 4. The Morgan fingerprint density at radius 2 is 1.70 bits per heavy atom. The number of nitrogens with one attached hydrogen (secondary N) is 2. The summed E-state index contributed by atoms with van der Waals surface area (Å²) in [7, 11) is 0. The summed E-state index contributed by atoms with van der Waals surface area (Å²) in [6, 6.07) is 6.26. The van der Waals surface area contributed by atoms with E-state index in [1.54, 1.807) is 12.1 Å². The molecule has 3 fully saturated rings. The predicted octanol–water partition coefficient (Wildman–Crippen LogP) is 2.67. The number of carbonyl (C=O) groups is 2. The number of hydrogen-bond donors (Lipinski definition) is 2. The Morgan fingerprint density at radius 3 is 2.37 bits per heavy atom. The number of benzene rings is 1. The number of nitrogens with zero attached hydrogens (tertiary/aromatic N) is 2. The number of carbonyl (C=O) groups excluding carboxylic acids is 2. The van der Waals surface area contributed by atoms with Crippen LogP contribution in [0.25, 0.3) is 0 Å². The summed E-state index contributed by atoms with van der Waals surface area (Å²) >= 11 is 0. The van der Waals surface area contributed by atoms with Gasteiger partial charge in [-0.3, -0.25) is 14.5 Å². The van der Waals surface area contributed by atoms with E-state index in [0.29, 0.717) is 43.8 Å². The van der Waals surface area contributed by atoms with Crippen LogP contribution < -0.4 is 10.6 Å². The van der Waals surface area contributed by atoms with Crippen LogP contribution in [0.15, 0.2) is 24.3 Å². The molecule has 0 radical (unpaired) electrons. The van der Waals surface area contributed by atoms with Gasteiger partial charge in [-0.05, 0) is 49.4 Å². The first-order chi connectivity index (χ1) is 13.6. The molecule has 6 nitrogen and oxygen atoms in total. The minimum Gasteiger partial charge on any atom is -0.339 e. The molecule has 2 heterocycles. The van der Waals surface area contributed by atoms with E-state index in [0.717, 1.165) is 6.42 Å². The molecule has 168 valence electrons. The molecule has 3 atom stereocenters. The molecular weight excluding hydrogens is 430 g/mol. The highest BCUT2D eigenvalue weighted by Gasteiger charge is 2.40. The van der Waals surface area contributed by atoms with Crippen molar-refractivity contribution in [3.63, 3.8) is 0 Å². The first-order valence-corrected chi connectivity index (χ1v) is 10.4. The van der Waals surface area contributed by atoms with E-state index in [9.17, 15) is 14.0 Å². The maximum absolute atomic E-state index is 12.9. The topological polar surface area (TPSA) is 64.7 Å². The Balaban J connectivity index is 0.00000160. The van der Waals surface area contributed by atoms with Crippen molar-refractivity contribution in [3.8, 4) is 0 Å². The van der Waals surface area contributed by atoms with Crippen molar-refractivity contribution in [1.82, 2.24) is 15.1 Å². The van der Waals surface area contributed by atoms with Crippen LogP contribution in [0.5, 0.6) is 0 Å². The van der Waals surface area contributed by atoms with Crippen molar-refractivity contribution in [2.24, 2.45) is 5.92 Å². The third-order valence-electron chi connectivity index (χ3n) is 6.34. The maximum atomic E-state index is 12.9. The van der Waals surface area contributed by atoms with Gasteiger partial charge in [0.15, 0.2) is 0 Å². The Kier molecular flexibility index (Phi) is 9.34. The minimum atomic E-state index is -0.324. The highest BCUT2D eigenvalue weighted by Crippen LogP contribution is 2.33. The standard InChI is InChI=1S/C21H29FN4O2.2ClH/c22-16-5-7-17(8-6-16)23-20(27)14-25-9-11-26(12-10-25)21(28)19-13-15-3-1-2-4-18(15)24-19;;/h5-8,15,18-19,24H,1-4,9-14H2,(H,23,27);2*1H. The fourth-order valence-electron chi connectivity index (χ4n) is 4.79. The number of amides is 2. The number of fused-ring (bicyclic) bond motifs is 1. The third-order valence-corrected chi connectivity index (χ3v) is 6.34. The normalized spacial score (nSPS) is 26.2. The van der Waals surface area contributed by atoms with Gasteiger partial charge < -0.3 is 15.5 Å². The van der Waals surface area contributed by atoms with E-state index >= 15 is 0 Å². The summed E-state index contributed by atoms with van der Waals surface area (Å²) in [5.41, 5.74) is 0.592. The van der Waals surface area contributed by atoms with Crippen molar-refractivity contribution in [2.45, 2.75) is 44.2 Å². The van der Waals surface area contributed by atoms with Crippen LogP contribution in [0.1, 0.15) is 32.1 Å². The molecule has 1 saturated carbocycles. The van der Waals surface area contributed by atoms with Gasteiger partial charge in [-0.25, -0.2) is 4.39 Å². The maximum Gasteiger partial charge on any atom is 0.239 e. The summed E-state index contributed by atoms with van der Waals surface area (Å²) < 4.78 is 12.9. The lowest BCUT2D eigenvalue weighted by Crippen LogP contribution is -2.54. The Hall–Kier alpha value is -1.41. The molecule has 1 aromatic rings. The molecule has 2 amide bonds. The highest BCUT2D eigenvalue weighted by molar-refractivity contribution is 5.92. The number of anilines is 1. The van der Waals surface area contributed by atoms with E-state index in [1.165, 1.54) is 37.8 Å². The molecule has 30 heavy (non-hydrogen) atoms. The molecule has 2 aliphatic heterocycles. The van der Waals surface area contributed by atoms with Gasteiger partial charge in [0.1, 0.15) is 5.82 Å². The molecule has 1 aliphatic carbocycles. The van der Waals surface area contributed by atoms with E-state index in [1.807, 2.05) is 4.90 Å². The molecule has 2 saturated heterocycles. The predicted molar refractivity (Wildman–Crippen MR) is 120 cm³/mol. The van der Waals surface area contributed by atoms with E-state index < -0.39 is 0 Å². The summed E-state index contributed by atoms with van der Waals surface area (Å²) in [6.07, 6.45) is 5.99. The van der Waals surface area contributed by atoms with Crippen LogP contribution >= 0.6 is 24.8 Å². The van der Waals surface area contributed by atoms with Gasteiger partial charge in [0.25, 0.3) is 0 Å². The molecule has 3 aliphatic rings. The monoisotopic (exact) mass is 460 g/mol. The second-order valence-corrected chi connectivity index (χ2v) is 8.26. The summed E-state index contributed by atoms with van der Waals surface area (Å²) in [4.78, 5) is 29.1. The zero-order valence-electron chi connectivity index (χ0n) is 17.0. The van der Waals surface area contributed by atoms with E-state index in [-0.39, 0.29) is 55.0 Å². The molecule has 9 heteroatoms. The van der Waals surface area contributed by atoms with E-state index in [4.69, 9.17) is 0 Å². The van der Waals surface area contributed by atoms with Crippen LogP contribution in [0.4, 0.5) is 10.1 Å². The van der Waals surface area contributed by atoms with Gasteiger partial charge in [0.05, 0.1) is 12.6 Å². The largest absolute Gasteiger partial charge is 0.339 e. The van der Waals surface area contributed by atoms with Crippen molar-refractivity contribution in [2.75, 3.05) is 38.0 Å². The van der Waals surface area contributed by atoms with Gasteiger partial charge >= 0.3 is 0 Å². The Morgan fingerprint density at radius 1 is 1.03 bits per heavy atom. The molecule has 4 rings (SSSR count). The lowest BCUT2D eigenvalue weighted by Gasteiger charge is -2.35. The lowest BCUT2D eigenvalue weighted by atomic mass is 9.85. The first-order valence-electron chi connectivity index (χ1n) is 10.4. The average Bonchev–Trinajstić information content (AvgIpc) is 3.14. The van der Waals surface area contributed by atoms with Gasteiger partial charge in [-0.2, -0.15) is 0 Å². The van der Waals surface area contributed by atoms with Crippen LogP contribution in [0.3, 0.4) is 0 Å². The molecular formula is C21H31Cl2FN4O2. The molecule has 0 bridgehead atoms. The van der Waals surface area contributed by atoms with E-state index in [2.05, 4.69) is 15.5 Å². The highest BCUT2D eigenvalue weighted by atomic mass is 35.5. The number of halogens is 3. The van der Waals surface area contributed by atoms with Crippen molar-refractivity contribution >= 4 is 42.3 Å². The van der Waals surface area contributed by atoms with Gasteiger partial charge in [0, 0.05) is 37.9 Å². The molecule has 1 aromatic carbocycles. The van der Waals surface area contributed by atoms with Gasteiger partial charge in [-0.1, -0.05) is 12.8 Å². The van der Waals surface area contributed by atoms with Crippen LogP contribution in [-0.2, 0) is 9.59 Å². The zero-order chi connectivity index (χ0) is 19.5. The first kappa shape index (κ1) is 24.9.